The molecule has 1 fully saturated rings. The van der Waals surface area contributed by atoms with E-state index in [4.69, 9.17) is 18.0 Å². The minimum atomic E-state index is 0.408. The van der Waals surface area contributed by atoms with Gasteiger partial charge >= 0.3 is 0 Å². The van der Waals surface area contributed by atoms with Crippen molar-refractivity contribution in [1.29, 1.82) is 0 Å². The summed E-state index contributed by atoms with van der Waals surface area (Å²) in [7, 11) is 2.16. The molecular formula is C12H18N4S. The molecule has 0 spiro atoms. The van der Waals surface area contributed by atoms with Gasteiger partial charge < -0.3 is 16.0 Å². The summed E-state index contributed by atoms with van der Waals surface area (Å²) in [4.78, 5) is 6.87. The summed E-state index contributed by atoms with van der Waals surface area (Å²) >= 11 is 5.00. The van der Waals surface area contributed by atoms with Gasteiger partial charge in [0, 0.05) is 30.9 Å². The lowest BCUT2D eigenvalue weighted by atomic mass is 10.2. The molecule has 1 aromatic rings. The van der Waals surface area contributed by atoms with E-state index in [0.29, 0.717) is 4.99 Å². The van der Waals surface area contributed by atoms with Crippen LogP contribution in [-0.4, -0.2) is 41.1 Å². The Labute approximate surface area is 107 Å². The molecule has 0 unspecified atom stereocenters. The zero-order valence-corrected chi connectivity index (χ0v) is 10.8. The van der Waals surface area contributed by atoms with Gasteiger partial charge in [0.25, 0.3) is 0 Å². The van der Waals surface area contributed by atoms with Gasteiger partial charge in [0.15, 0.2) is 0 Å². The molecule has 5 heteroatoms. The summed E-state index contributed by atoms with van der Waals surface area (Å²) in [5.74, 6) is 0. The summed E-state index contributed by atoms with van der Waals surface area (Å²) in [5.41, 5.74) is 7.44. The van der Waals surface area contributed by atoms with Crippen molar-refractivity contribution in [2.24, 2.45) is 5.73 Å². The van der Waals surface area contributed by atoms with Crippen LogP contribution in [0.25, 0.3) is 0 Å². The Balaban J connectivity index is 1.87. The largest absolute Gasteiger partial charge is 0.389 e. The molecule has 0 aromatic carbocycles. The topological polar surface area (TPSA) is 54.2 Å². The van der Waals surface area contributed by atoms with Crippen molar-refractivity contribution in [2.45, 2.75) is 18.9 Å². The van der Waals surface area contributed by atoms with E-state index in [0.717, 1.165) is 30.4 Å². The molecular weight excluding hydrogens is 232 g/mol. The first-order valence-electron chi connectivity index (χ1n) is 5.86. The predicted molar refractivity (Wildman–Crippen MR) is 74.3 cm³/mol. The van der Waals surface area contributed by atoms with Crippen molar-refractivity contribution in [2.75, 3.05) is 25.5 Å². The SMILES string of the molecule is CN(CCNc1cnccc1C(N)=S)C1CC1. The normalized spacial score (nSPS) is 14.9. The molecule has 1 aromatic heterocycles. The third-order valence-electron chi connectivity index (χ3n) is 3.04. The van der Waals surface area contributed by atoms with Crippen LogP contribution in [0.1, 0.15) is 18.4 Å². The molecule has 1 heterocycles. The number of nitrogens with two attached hydrogens (primary N) is 1. The fourth-order valence-corrected chi connectivity index (χ4v) is 1.99. The molecule has 92 valence electrons. The van der Waals surface area contributed by atoms with Gasteiger partial charge in [-0.1, -0.05) is 12.2 Å². The first kappa shape index (κ1) is 12.3. The maximum Gasteiger partial charge on any atom is 0.106 e. The summed E-state index contributed by atoms with van der Waals surface area (Å²) < 4.78 is 0. The van der Waals surface area contributed by atoms with Crippen LogP contribution in [-0.2, 0) is 0 Å². The number of likely N-dealkylation sites (N-methyl/N-ethyl adjacent to an activating group) is 1. The molecule has 0 atom stereocenters. The van der Waals surface area contributed by atoms with Crippen molar-refractivity contribution in [3.05, 3.63) is 24.0 Å². The molecule has 1 saturated carbocycles. The van der Waals surface area contributed by atoms with E-state index in [9.17, 15) is 0 Å². The molecule has 0 bridgehead atoms. The van der Waals surface area contributed by atoms with E-state index in [-0.39, 0.29) is 0 Å². The third kappa shape index (κ3) is 3.38. The van der Waals surface area contributed by atoms with Gasteiger partial charge in [0.2, 0.25) is 0 Å². The lowest BCUT2D eigenvalue weighted by molar-refractivity contribution is 0.337. The van der Waals surface area contributed by atoms with Crippen molar-refractivity contribution in [3.63, 3.8) is 0 Å². The van der Waals surface area contributed by atoms with Gasteiger partial charge in [-0.3, -0.25) is 4.98 Å². The number of pyridine rings is 1. The van der Waals surface area contributed by atoms with Crippen LogP contribution in [0.3, 0.4) is 0 Å². The number of rotatable bonds is 6. The summed E-state index contributed by atoms with van der Waals surface area (Å²) in [6, 6.07) is 2.63. The fraction of sp³-hybridized carbons (Fsp3) is 0.500. The van der Waals surface area contributed by atoms with Crippen LogP contribution in [0.4, 0.5) is 5.69 Å². The van der Waals surface area contributed by atoms with Gasteiger partial charge in [-0.25, -0.2) is 0 Å². The molecule has 1 aliphatic carbocycles. The first-order valence-corrected chi connectivity index (χ1v) is 6.27. The highest BCUT2D eigenvalue weighted by molar-refractivity contribution is 7.80. The number of nitrogens with zero attached hydrogens (tertiary/aromatic N) is 2. The molecule has 0 radical (unpaired) electrons. The van der Waals surface area contributed by atoms with E-state index in [1.165, 1.54) is 12.8 Å². The Morgan fingerprint density at radius 3 is 3.06 bits per heavy atom. The standard InChI is InChI=1S/C12H18N4S/c1-16(9-2-3-9)7-6-15-11-8-14-5-4-10(11)12(13)17/h4-5,8-9,15H,2-3,6-7H2,1H3,(H2,13,17). The fourth-order valence-electron chi connectivity index (χ4n) is 1.81. The maximum absolute atomic E-state index is 5.66. The Morgan fingerprint density at radius 1 is 1.65 bits per heavy atom. The van der Waals surface area contributed by atoms with Gasteiger partial charge in [0.05, 0.1) is 11.9 Å². The van der Waals surface area contributed by atoms with Crippen molar-refractivity contribution >= 4 is 22.9 Å². The molecule has 3 N–H and O–H groups in total. The predicted octanol–water partition coefficient (Wildman–Crippen LogP) is 1.22. The zero-order chi connectivity index (χ0) is 12.3. The van der Waals surface area contributed by atoms with Crippen molar-refractivity contribution < 1.29 is 0 Å². The van der Waals surface area contributed by atoms with Gasteiger partial charge in [-0.2, -0.15) is 0 Å². The minimum Gasteiger partial charge on any atom is -0.389 e. The average Bonchev–Trinajstić information content (AvgIpc) is 3.13. The molecule has 0 aliphatic heterocycles. The number of aromatic nitrogens is 1. The maximum atomic E-state index is 5.66. The number of hydrogen-bond acceptors (Lipinski definition) is 4. The molecule has 0 amide bonds. The van der Waals surface area contributed by atoms with Crippen molar-refractivity contribution in [3.8, 4) is 0 Å². The van der Waals surface area contributed by atoms with E-state index >= 15 is 0 Å². The molecule has 1 aliphatic rings. The van der Waals surface area contributed by atoms with Gasteiger partial charge in [-0.15, -0.1) is 0 Å². The lowest BCUT2D eigenvalue weighted by Gasteiger charge is -2.17. The van der Waals surface area contributed by atoms with E-state index in [1.807, 2.05) is 6.07 Å². The first-order chi connectivity index (χ1) is 8.18. The number of anilines is 1. The number of hydrogen-bond donors (Lipinski definition) is 2. The highest BCUT2D eigenvalue weighted by Gasteiger charge is 2.25. The Kier molecular flexibility index (Phi) is 3.91. The smallest absolute Gasteiger partial charge is 0.106 e. The second-order valence-corrected chi connectivity index (χ2v) is 4.86. The lowest BCUT2D eigenvalue weighted by Crippen LogP contribution is -2.27. The second-order valence-electron chi connectivity index (χ2n) is 4.42. The van der Waals surface area contributed by atoms with E-state index < -0.39 is 0 Å². The number of nitrogens with one attached hydrogen (secondary N) is 1. The summed E-state index contributed by atoms with van der Waals surface area (Å²) in [6.45, 7) is 1.91. The highest BCUT2D eigenvalue weighted by Crippen LogP contribution is 2.24. The quantitative estimate of drug-likeness (QED) is 0.744. The molecule has 4 nitrogen and oxygen atoms in total. The third-order valence-corrected chi connectivity index (χ3v) is 3.26. The van der Waals surface area contributed by atoms with Crippen LogP contribution in [0.5, 0.6) is 0 Å². The van der Waals surface area contributed by atoms with Crippen LogP contribution >= 0.6 is 12.2 Å². The number of thiocarbonyl (C=S) groups is 1. The van der Waals surface area contributed by atoms with Gasteiger partial charge in [0.1, 0.15) is 4.99 Å². The second kappa shape index (κ2) is 5.42. The Bertz CT molecular complexity index is 403. The molecule has 17 heavy (non-hydrogen) atoms. The van der Waals surface area contributed by atoms with Crippen LogP contribution < -0.4 is 11.1 Å². The minimum absolute atomic E-state index is 0.408. The average molecular weight is 250 g/mol. The highest BCUT2D eigenvalue weighted by atomic mass is 32.1. The summed E-state index contributed by atoms with van der Waals surface area (Å²) in [5, 5.41) is 3.34. The van der Waals surface area contributed by atoms with Crippen molar-refractivity contribution in [1.82, 2.24) is 9.88 Å². The molecule has 0 saturated heterocycles. The van der Waals surface area contributed by atoms with Crippen LogP contribution in [0.15, 0.2) is 18.5 Å². The Hall–Kier alpha value is -1.20. The Morgan fingerprint density at radius 2 is 2.41 bits per heavy atom. The van der Waals surface area contributed by atoms with Gasteiger partial charge in [-0.05, 0) is 26.0 Å². The van der Waals surface area contributed by atoms with E-state index in [1.54, 1.807) is 12.4 Å². The molecule has 2 rings (SSSR count). The monoisotopic (exact) mass is 250 g/mol. The van der Waals surface area contributed by atoms with E-state index in [2.05, 4.69) is 22.2 Å². The zero-order valence-electron chi connectivity index (χ0n) is 10.0. The van der Waals surface area contributed by atoms with Crippen LogP contribution in [0, 0.1) is 0 Å². The summed E-state index contributed by atoms with van der Waals surface area (Å²) in [6.07, 6.45) is 6.14. The van der Waals surface area contributed by atoms with Crippen LogP contribution in [0.2, 0.25) is 0 Å².